The summed E-state index contributed by atoms with van der Waals surface area (Å²) in [5, 5.41) is 1.18. The van der Waals surface area contributed by atoms with E-state index in [0.29, 0.717) is 5.69 Å². The summed E-state index contributed by atoms with van der Waals surface area (Å²) in [5.41, 5.74) is 3.87. The average molecular weight is 358 g/mol. The highest BCUT2D eigenvalue weighted by atomic mass is 16.2. The fourth-order valence-electron chi connectivity index (χ4n) is 5.31. The van der Waals surface area contributed by atoms with Gasteiger partial charge in [0, 0.05) is 16.6 Å². The summed E-state index contributed by atoms with van der Waals surface area (Å²) in [7, 11) is 0. The van der Waals surface area contributed by atoms with Crippen LogP contribution in [0.3, 0.4) is 0 Å². The van der Waals surface area contributed by atoms with Gasteiger partial charge in [0.2, 0.25) is 11.8 Å². The van der Waals surface area contributed by atoms with Crippen LogP contribution >= 0.6 is 0 Å². The molecule has 1 N–H and O–H groups in total. The lowest BCUT2D eigenvalue weighted by atomic mass is 9.66. The van der Waals surface area contributed by atoms with Crippen LogP contribution in [0.15, 0.2) is 54.6 Å². The van der Waals surface area contributed by atoms with Crippen molar-refractivity contribution in [2.45, 2.75) is 32.1 Å². The predicted octanol–water partition coefficient (Wildman–Crippen LogP) is 4.58. The molecule has 4 heteroatoms. The zero-order chi connectivity index (χ0) is 18.7. The van der Waals surface area contributed by atoms with Gasteiger partial charge in [-0.05, 0) is 35.6 Å². The number of anilines is 1. The quantitative estimate of drug-likeness (QED) is 0.682. The van der Waals surface area contributed by atoms with Gasteiger partial charge in [0.15, 0.2) is 0 Å². The molecule has 1 fully saturated rings. The molecule has 2 aliphatic rings. The van der Waals surface area contributed by atoms with E-state index < -0.39 is 5.92 Å². The number of nitrogens with zero attached hydrogens (tertiary/aromatic N) is 1. The van der Waals surface area contributed by atoms with Crippen LogP contribution in [-0.4, -0.2) is 16.8 Å². The number of hydrogen-bond acceptors (Lipinski definition) is 2. The molecule has 2 aromatic carbocycles. The van der Waals surface area contributed by atoms with Gasteiger partial charge in [-0.1, -0.05) is 56.7 Å². The molecule has 4 atom stereocenters. The third-order valence-corrected chi connectivity index (χ3v) is 6.48. The van der Waals surface area contributed by atoms with Crippen molar-refractivity contribution in [1.29, 1.82) is 0 Å². The van der Waals surface area contributed by atoms with Crippen LogP contribution in [0.5, 0.6) is 0 Å². The molecule has 136 valence electrons. The Morgan fingerprint density at radius 3 is 2.41 bits per heavy atom. The summed E-state index contributed by atoms with van der Waals surface area (Å²) in [6, 6.07) is 17.5. The number of aromatic nitrogens is 1. The molecule has 0 unspecified atom stereocenters. The number of rotatable bonds is 2. The molecule has 3 aromatic rings. The molecule has 0 radical (unpaired) electrons. The van der Waals surface area contributed by atoms with Gasteiger partial charge in [-0.3, -0.25) is 9.59 Å². The minimum absolute atomic E-state index is 0.0563. The van der Waals surface area contributed by atoms with E-state index in [0.717, 1.165) is 17.6 Å². The smallest absolute Gasteiger partial charge is 0.243 e. The van der Waals surface area contributed by atoms with Gasteiger partial charge in [-0.15, -0.1) is 0 Å². The van der Waals surface area contributed by atoms with Crippen LogP contribution in [0.2, 0.25) is 0 Å². The Balaban J connectivity index is 1.73. The van der Waals surface area contributed by atoms with E-state index in [4.69, 9.17) is 0 Å². The highest BCUT2D eigenvalue weighted by molar-refractivity contribution is 6.24. The Labute approximate surface area is 158 Å². The maximum absolute atomic E-state index is 13.4. The van der Waals surface area contributed by atoms with E-state index in [2.05, 4.69) is 24.9 Å². The minimum Gasteiger partial charge on any atom is -0.357 e. The van der Waals surface area contributed by atoms with Gasteiger partial charge in [0.05, 0.1) is 17.5 Å². The first-order chi connectivity index (χ1) is 13.1. The van der Waals surface area contributed by atoms with Crippen LogP contribution in [0.4, 0.5) is 5.69 Å². The summed E-state index contributed by atoms with van der Waals surface area (Å²) < 4.78 is 0. The monoisotopic (exact) mass is 358 g/mol. The first kappa shape index (κ1) is 16.3. The fourth-order valence-corrected chi connectivity index (χ4v) is 5.31. The Bertz CT molecular complexity index is 1050. The van der Waals surface area contributed by atoms with Crippen LogP contribution < -0.4 is 4.90 Å². The van der Waals surface area contributed by atoms with Gasteiger partial charge >= 0.3 is 0 Å². The molecular weight excluding hydrogens is 336 g/mol. The number of fused-ring (bicyclic) bond motifs is 5. The van der Waals surface area contributed by atoms with E-state index in [1.807, 2.05) is 48.5 Å². The molecule has 1 saturated heterocycles. The summed E-state index contributed by atoms with van der Waals surface area (Å²) in [5.74, 6) is -0.477. The van der Waals surface area contributed by atoms with Gasteiger partial charge in [-0.2, -0.15) is 0 Å². The van der Waals surface area contributed by atoms with Crippen molar-refractivity contribution < 1.29 is 9.59 Å². The topological polar surface area (TPSA) is 53.2 Å². The lowest BCUT2D eigenvalue weighted by Crippen LogP contribution is -2.34. The number of carbonyl (C=O) groups excluding carboxylic acids is 2. The number of carbonyl (C=O) groups is 2. The molecule has 2 heterocycles. The second-order valence-corrected chi connectivity index (χ2v) is 7.71. The molecule has 4 nitrogen and oxygen atoms in total. The maximum Gasteiger partial charge on any atom is 0.243 e. The van der Waals surface area contributed by atoms with Crippen molar-refractivity contribution in [2.24, 2.45) is 11.8 Å². The van der Waals surface area contributed by atoms with Crippen molar-refractivity contribution in [3.63, 3.8) is 0 Å². The zero-order valence-electron chi connectivity index (χ0n) is 15.5. The van der Waals surface area contributed by atoms with E-state index in [1.165, 1.54) is 15.8 Å². The SMILES string of the molecule is CC[C@@H]1[C@H]2C(=O)N(c3ccccc3)C(=O)[C@@H]2c2[nH]c3ccccc3c2[C@H]1C. The van der Waals surface area contributed by atoms with Crippen LogP contribution in [0.25, 0.3) is 10.9 Å². The molecule has 1 aromatic heterocycles. The molecule has 0 bridgehead atoms. The van der Waals surface area contributed by atoms with Crippen molar-refractivity contribution in [3.05, 3.63) is 65.9 Å². The lowest BCUT2D eigenvalue weighted by Gasteiger charge is -2.35. The minimum atomic E-state index is -0.416. The molecule has 0 spiro atoms. The number of amides is 2. The van der Waals surface area contributed by atoms with Gasteiger partial charge in [0.1, 0.15) is 0 Å². The highest BCUT2D eigenvalue weighted by Crippen LogP contribution is 2.54. The number of hydrogen-bond donors (Lipinski definition) is 1. The van der Waals surface area contributed by atoms with Crippen LogP contribution in [0, 0.1) is 11.8 Å². The molecule has 2 amide bonds. The molecule has 0 saturated carbocycles. The second-order valence-electron chi connectivity index (χ2n) is 7.71. The van der Waals surface area contributed by atoms with E-state index in [-0.39, 0.29) is 29.6 Å². The van der Waals surface area contributed by atoms with Gasteiger partial charge < -0.3 is 4.98 Å². The number of para-hydroxylation sites is 2. The molecule has 5 rings (SSSR count). The first-order valence-corrected chi connectivity index (χ1v) is 9.66. The van der Waals surface area contributed by atoms with Crippen LogP contribution in [0.1, 0.15) is 43.4 Å². The average Bonchev–Trinajstić information content (AvgIpc) is 3.19. The molecule has 27 heavy (non-hydrogen) atoms. The Morgan fingerprint density at radius 1 is 0.963 bits per heavy atom. The normalized spacial score (nSPS) is 27.1. The Kier molecular flexibility index (Phi) is 3.51. The fraction of sp³-hybridized carbons (Fsp3) is 0.304. The van der Waals surface area contributed by atoms with E-state index in [1.54, 1.807) is 0 Å². The number of benzene rings is 2. The Hall–Kier alpha value is -2.88. The predicted molar refractivity (Wildman–Crippen MR) is 106 cm³/mol. The summed E-state index contributed by atoms with van der Waals surface area (Å²) in [4.78, 5) is 31.7. The number of H-pyrrole nitrogens is 1. The second kappa shape index (κ2) is 5.81. The van der Waals surface area contributed by atoms with E-state index in [9.17, 15) is 9.59 Å². The molecular formula is C23H22N2O2. The van der Waals surface area contributed by atoms with Gasteiger partial charge in [-0.25, -0.2) is 4.90 Å². The van der Waals surface area contributed by atoms with E-state index >= 15 is 0 Å². The summed E-state index contributed by atoms with van der Waals surface area (Å²) >= 11 is 0. The van der Waals surface area contributed by atoms with Crippen molar-refractivity contribution in [1.82, 2.24) is 4.98 Å². The van der Waals surface area contributed by atoms with Crippen molar-refractivity contribution in [2.75, 3.05) is 4.90 Å². The van der Waals surface area contributed by atoms with Crippen LogP contribution in [-0.2, 0) is 9.59 Å². The third-order valence-electron chi connectivity index (χ3n) is 6.48. The number of imide groups is 1. The maximum atomic E-state index is 13.4. The first-order valence-electron chi connectivity index (χ1n) is 9.66. The molecule has 1 aliphatic heterocycles. The summed E-state index contributed by atoms with van der Waals surface area (Å²) in [6.07, 6.45) is 0.878. The Morgan fingerprint density at radius 2 is 1.67 bits per heavy atom. The van der Waals surface area contributed by atoms with Crippen molar-refractivity contribution >= 4 is 28.4 Å². The third kappa shape index (κ3) is 2.10. The number of nitrogens with one attached hydrogen (secondary N) is 1. The number of aromatic amines is 1. The zero-order valence-corrected chi connectivity index (χ0v) is 15.5. The highest BCUT2D eigenvalue weighted by Gasteiger charge is 2.57. The lowest BCUT2D eigenvalue weighted by molar-refractivity contribution is -0.123. The largest absolute Gasteiger partial charge is 0.357 e. The molecule has 1 aliphatic carbocycles. The van der Waals surface area contributed by atoms with Crippen molar-refractivity contribution in [3.8, 4) is 0 Å². The standard InChI is InChI=1S/C23H22N2O2/c1-3-15-13(2)18-16-11-7-8-12-17(16)24-21(18)20-19(15)22(26)25(23(20)27)14-9-5-4-6-10-14/h4-13,15,19-20,24H,3H2,1-2H3/t13-,15-,19+,20-/m0/s1. The van der Waals surface area contributed by atoms with Gasteiger partial charge in [0.25, 0.3) is 0 Å². The summed E-state index contributed by atoms with van der Waals surface area (Å²) in [6.45, 7) is 4.33.